The van der Waals surface area contributed by atoms with E-state index in [-0.39, 0.29) is 12.6 Å². The van der Waals surface area contributed by atoms with Crippen LogP contribution in [0.15, 0.2) is 48.5 Å². The Morgan fingerprint density at radius 2 is 1.41 bits per heavy atom. The molecule has 2 aromatic carbocycles. The van der Waals surface area contributed by atoms with Crippen molar-refractivity contribution in [2.24, 2.45) is 0 Å². The second-order valence-electron chi connectivity index (χ2n) is 6.06. The minimum atomic E-state index is -4.16. The van der Waals surface area contributed by atoms with Crippen LogP contribution in [-0.2, 0) is 14.6 Å². The predicted molar refractivity (Wildman–Crippen MR) is 107 cm³/mol. The van der Waals surface area contributed by atoms with E-state index in [9.17, 15) is 13.5 Å². The van der Waals surface area contributed by atoms with Crippen molar-refractivity contribution in [3.05, 3.63) is 70.8 Å². The van der Waals surface area contributed by atoms with Gasteiger partial charge in [0.15, 0.2) is 0 Å². The molecule has 7 heteroatoms. The van der Waals surface area contributed by atoms with Gasteiger partial charge < -0.3 is 5.11 Å². The number of hydrogen-bond acceptors (Lipinski definition) is 5. The summed E-state index contributed by atoms with van der Waals surface area (Å²) in [6, 6.07) is 17.3. The maximum atomic E-state index is 9.41. The lowest BCUT2D eigenvalue weighted by Gasteiger charge is -2.33. The molecule has 0 fully saturated rings. The molecule has 6 nitrogen and oxygen atoms in total. The van der Waals surface area contributed by atoms with Crippen molar-refractivity contribution in [2.75, 3.05) is 26.8 Å². The van der Waals surface area contributed by atoms with E-state index >= 15 is 0 Å². The Bertz CT molecular complexity index is 762. The van der Waals surface area contributed by atoms with E-state index in [0.717, 1.165) is 13.7 Å². The highest BCUT2D eigenvalue weighted by molar-refractivity contribution is 7.80. The van der Waals surface area contributed by atoms with Gasteiger partial charge in [0, 0.05) is 6.54 Å². The lowest BCUT2D eigenvalue weighted by Crippen LogP contribution is -2.33. The Morgan fingerprint density at radius 1 is 1.00 bits per heavy atom. The lowest BCUT2D eigenvalue weighted by atomic mass is 9.91. The van der Waals surface area contributed by atoms with E-state index in [1.165, 1.54) is 22.3 Å². The molecule has 0 aliphatic carbocycles. The number of rotatable bonds is 7. The second kappa shape index (κ2) is 11.2. The fourth-order valence-electron chi connectivity index (χ4n) is 2.95. The summed E-state index contributed by atoms with van der Waals surface area (Å²) in [6.07, 6.45) is 0. The molecule has 0 bridgehead atoms. The lowest BCUT2D eigenvalue weighted by molar-refractivity contribution is 0.174. The van der Waals surface area contributed by atoms with Gasteiger partial charge in [-0.3, -0.25) is 13.6 Å². The zero-order valence-electron chi connectivity index (χ0n) is 16.3. The van der Waals surface area contributed by atoms with Crippen molar-refractivity contribution in [3.63, 3.8) is 0 Å². The van der Waals surface area contributed by atoms with Crippen LogP contribution in [0.5, 0.6) is 0 Å². The molecule has 27 heavy (non-hydrogen) atoms. The predicted octanol–water partition coefficient (Wildman–Crippen LogP) is 3.14. The normalized spacial score (nSPS) is 11.4. The molecule has 2 rings (SSSR count). The molecule has 2 N–H and O–H groups in total. The molecule has 0 atom stereocenters. The highest BCUT2D eigenvalue weighted by Gasteiger charge is 2.23. The summed E-state index contributed by atoms with van der Waals surface area (Å²) in [7, 11) is -3.29. The molecular formula is C20H29NO5S. The Balaban J connectivity index is 0.000000527. The van der Waals surface area contributed by atoms with Gasteiger partial charge in [0.1, 0.15) is 0 Å². The standard InChI is InChI=1S/C19H25NO.CH4O4S/c1-4-20(13-14-21)19(17-11-7-5-9-15(17)2)18-12-8-6-10-16(18)3;1-5-6(2,3)4/h5-12,19,21H,4,13-14H2,1-3H3;1H3,(H,2,3,4). The Labute approximate surface area is 162 Å². The molecule has 0 amide bonds. The average Bonchev–Trinajstić information content (AvgIpc) is 2.64. The zero-order chi connectivity index (χ0) is 20.4. The molecule has 0 unspecified atom stereocenters. The first-order valence-electron chi connectivity index (χ1n) is 8.74. The van der Waals surface area contributed by atoms with Gasteiger partial charge in [-0.1, -0.05) is 55.5 Å². The van der Waals surface area contributed by atoms with Gasteiger partial charge in [-0.05, 0) is 42.6 Å². The van der Waals surface area contributed by atoms with Crippen LogP contribution in [0.2, 0.25) is 0 Å². The van der Waals surface area contributed by atoms with Gasteiger partial charge in [-0.15, -0.1) is 0 Å². The number of benzene rings is 2. The van der Waals surface area contributed by atoms with Crippen molar-refractivity contribution in [1.29, 1.82) is 0 Å². The molecule has 0 aliphatic rings. The minimum Gasteiger partial charge on any atom is -0.395 e. The highest BCUT2D eigenvalue weighted by Crippen LogP contribution is 2.32. The summed E-state index contributed by atoms with van der Waals surface area (Å²) >= 11 is 0. The summed E-state index contributed by atoms with van der Waals surface area (Å²) < 4.78 is 29.7. The van der Waals surface area contributed by atoms with Crippen LogP contribution in [0.25, 0.3) is 0 Å². The van der Waals surface area contributed by atoms with E-state index in [4.69, 9.17) is 4.55 Å². The third-order valence-electron chi connectivity index (χ3n) is 4.34. The third-order valence-corrected chi connectivity index (χ3v) is 4.76. The monoisotopic (exact) mass is 395 g/mol. The van der Waals surface area contributed by atoms with Gasteiger partial charge in [0.05, 0.1) is 19.8 Å². The van der Waals surface area contributed by atoms with E-state index in [2.05, 4.69) is 78.4 Å². The largest absolute Gasteiger partial charge is 0.397 e. The van der Waals surface area contributed by atoms with Crippen LogP contribution >= 0.6 is 0 Å². The highest BCUT2D eigenvalue weighted by atomic mass is 32.3. The van der Waals surface area contributed by atoms with Crippen LogP contribution in [0.3, 0.4) is 0 Å². The minimum absolute atomic E-state index is 0.183. The van der Waals surface area contributed by atoms with Crippen LogP contribution < -0.4 is 0 Å². The van der Waals surface area contributed by atoms with Gasteiger partial charge in [-0.2, -0.15) is 8.42 Å². The summed E-state index contributed by atoms with van der Waals surface area (Å²) in [5, 5.41) is 9.41. The zero-order valence-corrected chi connectivity index (χ0v) is 17.1. The summed E-state index contributed by atoms with van der Waals surface area (Å²) in [5.74, 6) is 0. The molecule has 0 saturated heterocycles. The van der Waals surface area contributed by atoms with Gasteiger partial charge in [-0.25, -0.2) is 0 Å². The van der Waals surface area contributed by atoms with E-state index in [0.29, 0.717) is 6.54 Å². The fraction of sp³-hybridized carbons (Fsp3) is 0.400. The Kier molecular flexibility index (Phi) is 9.62. The SMILES string of the molecule is CCN(CCO)C(c1ccccc1C)c1ccccc1C.COS(=O)(=O)O. The average molecular weight is 396 g/mol. The van der Waals surface area contributed by atoms with Crippen molar-refractivity contribution in [1.82, 2.24) is 4.90 Å². The van der Waals surface area contributed by atoms with Gasteiger partial charge in [0.2, 0.25) is 0 Å². The first kappa shape index (κ1) is 23.3. The quantitative estimate of drug-likeness (QED) is 0.701. The van der Waals surface area contributed by atoms with Crippen LogP contribution in [-0.4, -0.2) is 49.8 Å². The Morgan fingerprint density at radius 3 is 1.70 bits per heavy atom. The Hall–Kier alpha value is -1.77. The van der Waals surface area contributed by atoms with E-state index < -0.39 is 10.4 Å². The van der Waals surface area contributed by atoms with E-state index in [1.807, 2.05) is 0 Å². The van der Waals surface area contributed by atoms with Crippen molar-refractivity contribution < 1.29 is 22.3 Å². The number of aliphatic hydroxyl groups excluding tert-OH is 1. The van der Waals surface area contributed by atoms with E-state index in [1.54, 1.807) is 0 Å². The van der Waals surface area contributed by atoms with Crippen molar-refractivity contribution >= 4 is 10.4 Å². The number of nitrogens with zero attached hydrogens (tertiary/aromatic N) is 1. The maximum absolute atomic E-state index is 9.41. The number of likely N-dealkylation sites (N-methyl/N-ethyl adjacent to an activating group) is 1. The topological polar surface area (TPSA) is 87.1 Å². The number of aliphatic hydroxyl groups is 1. The molecule has 2 aromatic rings. The molecule has 0 aromatic heterocycles. The smallest absolute Gasteiger partial charge is 0.395 e. The molecule has 0 aliphatic heterocycles. The van der Waals surface area contributed by atoms with Crippen molar-refractivity contribution in [3.8, 4) is 0 Å². The van der Waals surface area contributed by atoms with Crippen LogP contribution in [0.4, 0.5) is 0 Å². The molecule has 0 spiro atoms. The summed E-state index contributed by atoms with van der Waals surface area (Å²) in [6.45, 7) is 8.25. The second-order valence-corrected chi connectivity index (χ2v) is 7.25. The molecule has 0 radical (unpaired) electrons. The molecular weight excluding hydrogens is 366 g/mol. The third kappa shape index (κ3) is 7.40. The van der Waals surface area contributed by atoms with Crippen LogP contribution in [0.1, 0.15) is 35.2 Å². The number of aryl methyl sites for hydroxylation is 2. The maximum Gasteiger partial charge on any atom is 0.397 e. The van der Waals surface area contributed by atoms with Gasteiger partial charge >= 0.3 is 10.4 Å². The first-order valence-corrected chi connectivity index (χ1v) is 10.1. The first-order chi connectivity index (χ1) is 12.7. The fourth-order valence-corrected chi connectivity index (χ4v) is 2.95. The number of hydrogen-bond donors (Lipinski definition) is 2. The van der Waals surface area contributed by atoms with Crippen LogP contribution in [0, 0.1) is 13.8 Å². The molecule has 0 saturated carbocycles. The summed E-state index contributed by atoms with van der Waals surface area (Å²) in [5.41, 5.74) is 5.23. The summed E-state index contributed by atoms with van der Waals surface area (Å²) in [4.78, 5) is 2.34. The van der Waals surface area contributed by atoms with Gasteiger partial charge in [0.25, 0.3) is 0 Å². The molecule has 150 valence electrons. The molecule has 0 heterocycles. The van der Waals surface area contributed by atoms with Crippen molar-refractivity contribution in [2.45, 2.75) is 26.8 Å².